The first-order valence-corrected chi connectivity index (χ1v) is 9.27. The van der Waals surface area contributed by atoms with Crippen LogP contribution in [-0.2, 0) is 4.74 Å². The van der Waals surface area contributed by atoms with Crippen LogP contribution >= 0.6 is 0 Å². The first-order valence-electron chi connectivity index (χ1n) is 9.27. The molecule has 1 aliphatic heterocycles. The molecule has 0 spiro atoms. The van der Waals surface area contributed by atoms with E-state index in [9.17, 15) is 9.59 Å². The van der Waals surface area contributed by atoms with E-state index in [0.717, 1.165) is 38.4 Å². The van der Waals surface area contributed by atoms with Crippen LogP contribution in [0.2, 0.25) is 0 Å². The molecule has 1 amide bonds. The molecule has 7 heteroatoms. The molecule has 1 fully saturated rings. The lowest BCUT2D eigenvalue weighted by atomic mass is 10.1. The Morgan fingerprint density at radius 3 is 2.58 bits per heavy atom. The summed E-state index contributed by atoms with van der Waals surface area (Å²) in [4.78, 5) is 30.4. The van der Waals surface area contributed by atoms with Crippen LogP contribution < -0.4 is 15.5 Å². The van der Waals surface area contributed by atoms with E-state index >= 15 is 0 Å². The number of carbonyl (C=O) groups excluding carboxylic acids is 2. The molecule has 7 nitrogen and oxygen atoms in total. The number of unbranched alkanes of at least 4 members (excludes halogenated alkanes) is 1. The molecule has 1 aromatic rings. The highest BCUT2D eigenvalue weighted by Gasteiger charge is 2.16. The van der Waals surface area contributed by atoms with Gasteiger partial charge in [-0.2, -0.15) is 0 Å². The highest BCUT2D eigenvalue weighted by atomic mass is 16.6. The first kappa shape index (κ1) is 20.2. The second kappa shape index (κ2) is 9.52. The zero-order chi connectivity index (χ0) is 19.0. The second-order valence-electron chi connectivity index (χ2n) is 7.45. The van der Waals surface area contributed by atoms with Crippen LogP contribution in [0, 0.1) is 0 Å². The van der Waals surface area contributed by atoms with Gasteiger partial charge < -0.3 is 20.3 Å². The van der Waals surface area contributed by atoms with Crippen molar-refractivity contribution in [2.45, 2.75) is 45.6 Å². The minimum absolute atomic E-state index is 0.0848. The largest absolute Gasteiger partial charge is 0.444 e. The summed E-state index contributed by atoms with van der Waals surface area (Å²) in [7, 11) is 0. The van der Waals surface area contributed by atoms with Gasteiger partial charge in [0.05, 0.1) is 0 Å². The molecule has 0 bridgehead atoms. The number of hydrogen-bond acceptors (Lipinski definition) is 6. The molecule has 0 atom stereocenters. The number of anilines is 1. The summed E-state index contributed by atoms with van der Waals surface area (Å²) in [6.07, 6.45) is 3.14. The van der Waals surface area contributed by atoms with Crippen molar-refractivity contribution in [1.82, 2.24) is 15.6 Å². The molecular formula is C19H30N4O3. The number of nitrogens with one attached hydrogen (secondary N) is 2. The lowest BCUT2D eigenvalue weighted by Gasteiger charge is -2.28. The Labute approximate surface area is 155 Å². The molecular weight excluding hydrogens is 332 g/mol. The quantitative estimate of drug-likeness (QED) is 0.572. The second-order valence-corrected chi connectivity index (χ2v) is 7.45. The van der Waals surface area contributed by atoms with Gasteiger partial charge in [-0.1, -0.05) is 0 Å². The maximum absolute atomic E-state index is 12.2. The molecule has 2 rings (SSSR count). The summed E-state index contributed by atoms with van der Waals surface area (Å²) in [6.45, 7) is 9.77. The Hall–Kier alpha value is -2.15. The topological polar surface area (TPSA) is 83.6 Å². The summed E-state index contributed by atoms with van der Waals surface area (Å²) in [5.74, 6) is 1.01. The zero-order valence-corrected chi connectivity index (χ0v) is 16.0. The fraction of sp³-hybridized carbons (Fsp3) is 0.632. The van der Waals surface area contributed by atoms with Gasteiger partial charge >= 0.3 is 6.09 Å². The summed E-state index contributed by atoms with van der Waals surface area (Å²) in [5, 5.41) is 6.01. The summed E-state index contributed by atoms with van der Waals surface area (Å²) >= 11 is 0. The molecule has 26 heavy (non-hydrogen) atoms. The Morgan fingerprint density at radius 2 is 1.96 bits per heavy atom. The Kier molecular flexibility index (Phi) is 7.38. The van der Waals surface area contributed by atoms with Gasteiger partial charge in [-0.3, -0.25) is 4.79 Å². The van der Waals surface area contributed by atoms with Gasteiger partial charge in [0, 0.05) is 50.9 Å². The molecule has 0 saturated carbocycles. The van der Waals surface area contributed by atoms with E-state index in [4.69, 9.17) is 4.74 Å². The molecule has 2 heterocycles. The number of amides is 1. The standard InChI is InChI=1S/C19H30N4O3/c1-19(2,3)26-18(25)21-9-5-4-6-16(24)15-7-8-17(22-14-15)23-12-10-20-11-13-23/h7-8,14,20H,4-6,9-13H2,1-3H3,(H,21,25). The normalized spacial score (nSPS) is 14.8. The number of alkyl carbamates (subject to hydrolysis) is 1. The van der Waals surface area contributed by atoms with Crippen molar-refractivity contribution in [2.24, 2.45) is 0 Å². The number of piperazine rings is 1. The monoisotopic (exact) mass is 362 g/mol. The van der Waals surface area contributed by atoms with Gasteiger partial charge in [-0.05, 0) is 45.7 Å². The Morgan fingerprint density at radius 1 is 1.23 bits per heavy atom. The van der Waals surface area contributed by atoms with Gasteiger partial charge in [-0.25, -0.2) is 9.78 Å². The van der Waals surface area contributed by atoms with E-state index in [0.29, 0.717) is 24.9 Å². The van der Waals surface area contributed by atoms with E-state index < -0.39 is 11.7 Å². The summed E-state index contributed by atoms with van der Waals surface area (Å²) in [5.41, 5.74) is 0.146. The lowest BCUT2D eigenvalue weighted by Crippen LogP contribution is -2.43. The Balaban J connectivity index is 1.67. The summed E-state index contributed by atoms with van der Waals surface area (Å²) < 4.78 is 5.16. The van der Waals surface area contributed by atoms with Gasteiger partial charge in [0.2, 0.25) is 0 Å². The third-order valence-electron chi connectivity index (χ3n) is 4.01. The lowest BCUT2D eigenvalue weighted by molar-refractivity contribution is 0.0527. The average Bonchev–Trinajstić information content (AvgIpc) is 2.60. The maximum atomic E-state index is 12.2. The molecule has 144 valence electrons. The molecule has 0 aliphatic carbocycles. The van der Waals surface area contributed by atoms with Crippen molar-refractivity contribution >= 4 is 17.7 Å². The van der Waals surface area contributed by atoms with E-state index in [1.165, 1.54) is 0 Å². The molecule has 0 unspecified atom stereocenters. The van der Waals surface area contributed by atoms with Crippen molar-refractivity contribution in [1.29, 1.82) is 0 Å². The van der Waals surface area contributed by atoms with Crippen LogP contribution in [0.4, 0.5) is 10.6 Å². The number of nitrogens with zero attached hydrogens (tertiary/aromatic N) is 2. The fourth-order valence-corrected chi connectivity index (χ4v) is 2.69. The van der Waals surface area contributed by atoms with E-state index in [-0.39, 0.29) is 5.78 Å². The van der Waals surface area contributed by atoms with Crippen LogP contribution in [0.5, 0.6) is 0 Å². The van der Waals surface area contributed by atoms with Crippen molar-refractivity contribution in [3.63, 3.8) is 0 Å². The molecule has 0 radical (unpaired) electrons. The maximum Gasteiger partial charge on any atom is 0.407 e. The minimum Gasteiger partial charge on any atom is -0.444 e. The molecule has 1 aromatic heterocycles. The molecule has 2 N–H and O–H groups in total. The molecule has 1 aliphatic rings. The van der Waals surface area contributed by atoms with Gasteiger partial charge in [0.1, 0.15) is 11.4 Å². The third-order valence-corrected chi connectivity index (χ3v) is 4.01. The van der Waals surface area contributed by atoms with Gasteiger partial charge in [-0.15, -0.1) is 0 Å². The van der Waals surface area contributed by atoms with Crippen LogP contribution in [0.15, 0.2) is 18.3 Å². The predicted molar refractivity (Wildman–Crippen MR) is 102 cm³/mol. The smallest absolute Gasteiger partial charge is 0.407 e. The van der Waals surface area contributed by atoms with Crippen molar-refractivity contribution < 1.29 is 14.3 Å². The van der Waals surface area contributed by atoms with E-state index in [2.05, 4.69) is 20.5 Å². The van der Waals surface area contributed by atoms with Crippen LogP contribution in [-0.4, -0.2) is 55.2 Å². The SMILES string of the molecule is CC(C)(C)OC(=O)NCCCCC(=O)c1ccc(N2CCNCC2)nc1. The van der Waals surface area contributed by atoms with Gasteiger partial charge in [0.25, 0.3) is 0 Å². The zero-order valence-electron chi connectivity index (χ0n) is 16.0. The van der Waals surface area contributed by atoms with Crippen LogP contribution in [0.25, 0.3) is 0 Å². The third kappa shape index (κ3) is 7.00. The average molecular weight is 362 g/mol. The number of hydrogen-bond donors (Lipinski definition) is 2. The number of carbonyl (C=O) groups is 2. The molecule has 1 saturated heterocycles. The fourth-order valence-electron chi connectivity index (χ4n) is 2.69. The number of ether oxygens (including phenoxy) is 1. The van der Waals surface area contributed by atoms with Crippen molar-refractivity contribution in [3.8, 4) is 0 Å². The van der Waals surface area contributed by atoms with E-state index in [1.54, 1.807) is 6.20 Å². The number of pyridine rings is 1. The minimum atomic E-state index is -0.496. The highest BCUT2D eigenvalue weighted by Crippen LogP contribution is 2.14. The number of ketones is 1. The highest BCUT2D eigenvalue weighted by molar-refractivity contribution is 5.95. The van der Waals surface area contributed by atoms with Crippen LogP contribution in [0.3, 0.4) is 0 Å². The van der Waals surface area contributed by atoms with E-state index in [1.807, 2.05) is 32.9 Å². The van der Waals surface area contributed by atoms with Crippen molar-refractivity contribution in [2.75, 3.05) is 37.6 Å². The molecule has 0 aromatic carbocycles. The number of Topliss-reactive ketones (excluding diaryl/α,β-unsaturated/α-hetero) is 1. The Bertz CT molecular complexity index is 590. The van der Waals surface area contributed by atoms with Crippen molar-refractivity contribution in [3.05, 3.63) is 23.9 Å². The number of rotatable bonds is 7. The number of aromatic nitrogens is 1. The van der Waals surface area contributed by atoms with Crippen LogP contribution in [0.1, 0.15) is 50.4 Å². The predicted octanol–water partition coefficient (Wildman–Crippen LogP) is 2.37. The first-order chi connectivity index (χ1) is 12.3. The summed E-state index contributed by atoms with van der Waals surface area (Å²) in [6, 6.07) is 3.77. The van der Waals surface area contributed by atoms with Gasteiger partial charge in [0.15, 0.2) is 5.78 Å².